The van der Waals surface area contributed by atoms with Gasteiger partial charge in [-0.25, -0.2) is 9.78 Å². The molecule has 1 saturated heterocycles. The summed E-state index contributed by atoms with van der Waals surface area (Å²) < 4.78 is 0. The first-order valence-corrected chi connectivity index (χ1v) is 11.0. The van der Waals surface area contributed by atoms with Gasteiger partial charge >= 0.3 is 6.03 Å². The number of nitrogens with one attached hydrogen (secondary N) is 1. The van der Waals surface area contributed by atoms with Crippen molar-refractivity contribution in [2.24, 2.45) is 0 Å². The Bertz CT molecular complexity index is 1200. The first-order valence-electron chi connectivity index (χ1n) is 10.1. The van der Waals surface area contributed by atoms with Crippen LogP contribution in [-0.4, -0.2) is 26.7 Å². The minimum atomic E-state index is -1.38. The number of hydrogen-bond donors (Lipinski definition) is 1. The van der Waals surface area contributed by atoms with Crippen LogP contribution in [0.3, 0.4) is 0 Å². The zero-order valence-electron chi connectivity index (χ0n) is 17.9. The summed E-state index contributed by atoms with van der Waals surface area (Å²) in [6.07, 6.45) is 0. The zero-order chi connectivity index (χ0) is 23.0. The fourth-order valence-corrected chi connectivity index (χ4v) is 4.47. The Balaban J connectivity index is 1.54. The molecule has 3 amide bonds. The van der Waals surface area contributed by atoms with Gasteiger partial charge in [0, 0.05) is 23.1 Å². The number of carbonyl (C=O) groups is 2. The van der Waals surface area contributed by atoms with Crippen LogP contribution in [0.4, 0.5) is 10.5 Å². The van der Waals surface area contributed by atoms with Gasteiger partial charge in [0.25, 0.3) is 11.6 Å². The van der Waals surface area contributed by atoms with Crippen molar-refractivity contribution in [2.75, 3.05) is 0 Å². The highest BCUT2D eigenvalue weighted by atomic mass is 32.1. The smallest absolute Gasteiger partial charge is 0.319 e. The molecule has 3 aromatic rings. The van der Waals surface area contributed by atoms with Crippen molar-refractivity contribution in [3.05, 3.63) is 80.8 Å². The maximum Gasteiger partial charge on any atom is 0.325 e. The average molecular weight is 451 g/mol. The minimum absolute atomic E-state index is 0.0236. The average Bonchev–Trinajstić information content (AvgIpc) is 3.33. The van der Waals surface area contributed by atoms with Crippen molar-refractivity contribution in [1.82, 2.24) is 15.2 Å². The van der Waals surface area contributed by atoms with Crippen molar-refractivity contribution in [1.29, 1.82) is 0 Å². The van der Waals surface area contributed by atoms with E-state index in [1.807, 2.05) is 17.5 Å². The van der Waals surface area contributed by atoms with E-state index < -0.39 is 22.4 Å². The van der Waals surface area contributed by atoms with Crippen LogP contribution in [0.15, 0.2) is 53.9 Å². The van der Waals surface area contributed by atoms with Crippen LogP contribution in [0.25, 0.3) is 10.6 Å². The molecule has 1 atom stereocenters. The molecule has 1 N–H and O–H groups in total. The summed E-state index contributed by atoms with van der Waals surface area (Å²) in [5.74, 6) is -0.0326. The Hall–Kier alpha value is -3.59. The maximum absolute atomic E-state index is 13.2. The lowest BCUT2D eigenvalue weighted by atomic mass is 9.91. The molecule has 4 rings (SSSR count). The van der Waals surface area contributed by atoms with Crippen LogP contribution in [0.1, 0.15) is 43.5 Å². The van der Waals surface area contributed by atoms with Gasteiger partial charge < -0.3 is 5.32 Å². The van der Waals surface area contributed by atoms with Crippen LogP contribution in [0, 0.1) is 10.1 Å². The van der Waals surface area contributed by atoms with Gasteiger partial charge in [-0.2, -0.15) is 0 Å². The Morgan fingerprint density at radius 3 is 2.56 bits per heavy atom. The third-order valence-corrected chi connectivity index (χ3v) is 6.55. The summed E-state index contributed by atoms with van der Waals surface area (Å²) in [4.78, 5) is 42.0. The van der Waals surface area contributed by atoms with E-state index in [-0.39, 0.29) is 12.2 Å². The third-order valence-electron chi connectivity index (χ3n) is 5.61. The van der Waals surface area contributed by atoms with Crippen molar-refractivity contribution in [3.63, 3.8) is 0 Å². The number of urea groups is 1. The fourth-order valence-electron chi connectivity index (χ4n) is 3.65. The molecule has 32 heavy (non-hydrogen) atoms. The van der Waals surface area contributed by atoms with Crippen molar-refractivity contribution < 1.29 is 14.5 Å². The van der Waals surface area contributed by atoms with Crippen molar-refractivity contribution >= 4 is 29.0 Å². The standard InChI is InChI=1S/C23H22N4O4S/c1-14(2)15-7-9-16(10-8-15)20-24-18(13-32-20)12-26-21(28)23(3,25-22(26)29)17-5-4-6-19(11-17)27(30)31/h4-11,13-14H,12H2,1-3H3,(H,25,29). The van der Waals surface area contributed by atoms with E-state index >= 15 is 0 Å². The van der Waals surface area contributed by atoms with Crippen LogP contribution in [0.2, 0.25) is 0 Å². The summed E-state index contributed by atoms with van der Waals surface area (Å²) >= 11 is 1.45. The number of aromatic nitrogens is 1. The van der Waals surface area contributed by atoms with Crippen LogP contribution < -0.4 is 5.32 Å². The molecular weight excluding hydrogens is 428 g/mol. The van der Waals surface area contributed by atoms with E-state index in [0.717, 1.165) is 15.5 Å². The molecule has 2 heterocycles. The molecule has 0 bridgehead atoms. The number of nitro groups is 1. The van der Waals surface area contributed by atoms with Gasteiger partial charge in [-0.05, 0) is 24.0 Å². The molecule has 9 heteroatoms. The summed E-state index contributed by atoms with van der Waals surface area (Å²) in [5.41, 5.74) is 1.65. The van der Waals surface area contributed by atoms with Crippen LogP contribution in [0.5, 0.6) is 0 Å². The van der Waals surface area contributed by atoms with E-state index in [1.165, 1.54) is 35.1 Å². The first-order chi connectivity index (χ1) is 15.2. The normalized spacial score (nSPS) is 18.3. The van der Waals surface area contributed by atoms with Crippen molar-refractivity contribution in [3.8, 4) is 10.6 Å². The minimum Gasteiger partial charge on any atom is -0.319 e. The maximum atomic E-state index is 13.2. The number of hydrogen-bond acceptors (Lipinski definition) is 6. The highest BCUT2D eigenvalue weighted by molar-refractivity contribution is 7.13. The number of carbonyl (C=O) groups excluding carboxylic acids is 2. The van der Waals surface area contributed by atoms with Gasteiger partial charge in [-0.3, -0.25) is 19.8 Å². The second-order valence-electron chi connectivity index (χ2n) is 8.17. The predicted molar refractivity (Wildman–Crippen MR) is 121 cm³/mol. The van der Waals surface area contributed by atoms with Crippen LogP contribution >= 0.6 is 11.3 Å². The lowest BCUT2D eigenvalue weighted by Crippen LogP contribution is -2.40. The Morgan fingerprint density at radius 1 is 1.19 bits per heavy atom. The van der Waals surface area contributed by atoms with Gasteiger partial charge in [0.15, 0.2) is 0 Å². The fraction of sp³-hybridized carbons (Fsp3) is 0.261. The largest absolute Gasteiger partial charge is 0.325 e. The molecule has 1 unspecified atom stereocenters. The molecule has 0 saturated carbocycles. The molecular formula is C23H22N4O4S. The number of amides is 3. The zero-order valence-corrected chi connectivity index (χ0v) is 18.7. The molecule has 1 fully saturated rings. The molecule has 0 radical (unpaired) electrons. The van der Waals surface area contributed by atoms with Gasteiger partial charge in [-0.1, -0.05) is 50.2 Å². The summed E-state index contributed by atoms with van der Waals surface area (Å²) in [5, 5.41) is 16.4. The number of non-ortho nitro benzene ring substituents is 1. The van der Waals surface area contributed by atoms with E-state index in [0.29, 0.717) is 17.2 Å². The number of benzene rings is 2. The molecule has 0 aliphatic carbocycles. The van der Waals surface area contributed by atoms with Gasteiger partial charge in [-0.15, -0.1) is 11.3 Å². The molecule has 1 aromatic heterocycles. The number of thiazole rings is 1. The third kappa shape index (κ3) is 3.87. The SMILES string of the molecule is CC(C)c1ccc(-c2nc(CN3C(=O)NC(C)(c4cccc([N+](=O)[O-])c4)C3=O)cs2)cc1. The molecule has 1 aliphatic heterocycles. The monoisotopic (exact) mass is 450 g/mol. The van der Waals surface area contributed by atoms with E-state index in [4.69, 9.17) is 0 Å². The van der Waals surface area contributed by atoms with Gasteiger partial charge in [0.2, 0.25) is 0 Å². The second-order valence-corrected chi connectivity index (χ2v) is 9.03. The topological polar surface area (TPSA) is 105 Å². The summed E-state index contributed by atoms with van der Waals surface area (Å²) in [7, 11) is 0. The first kappa shape index (κ1) is 21.6. The Labute approximate surface area is 189 Å². The van der Waals surface area contributed by atoms with Gasteiger partial charge in [0.1, 0.15) is 10.5 Å². The summed E-state index contributed by atoms with van der Waals surface area (Å²) in [6.45, 7) is 5.84. The number of rotatable bonds is 6. The Morgan fingerprint density at radius 2 is 1.91 bits per heavy atom. The Kier molecular flexibility index (Phi) is 5.52. The number of nitrogens with zero attached hydrogens (tertiary/aromatic N) is 3. The molecule has 0 spiro atoms. The summed E-state index contributed by atoms with van der Waals surface area (Å²) in [6, 6.07) is 13.4. The second kappa shape index (κ2) is 8.16. The quantitative estimate of drug-likeness (QED) is 0.330. The van der Waals surface area contributed by atoms with E-state index in [9.17, 15) is 19.7 Å². The lowest BCUT2D eigenvalue weighted by molar-refractivity contribution is -0.385. The number of imide groups is 1. The molecule has 2 aromatic carbocycles. The molecule has 164 valence electrons. The highest BCUT2D eigenvalue weighted by Gasteiger charge is 2.49. The van der Waals surface area contributed by atoms with Crippen molar-refractivity contribution in [2.45, 2.75) is 38.8 Å². The lowest BCUT2D eigenvalue weighted by Gasteiger charge is -2.21. The van der Waals surface area contributed by atoms with Gasteiger partial charge in [0.05, 0.1) is 17.2 Å². The molecule has 8 nitrogen and oxygen atoms in total. The van der Waals surface area contributed by atoms with E-state index in [1.54, 1.807) is 13.0 Å². The predicted octanol–water partition coefficient (Wildman–Crippen LogP) is 4.81. The van der Waals surface area contributed by atoms with Crippen LogP contribution in [-0.2, 0) is 16.9 Å². The van der Waals surface area contributed by atoms with E-state index in [2.05, 4.69) is 36.3 Å². The number of nitro benzene ring substituents is 1. The molecule has 1 aliphatic rings. The highest BCUT2D eigenvalue weighted by Crippen LogP contribution is 2.32.